The Kier molecular flexibility index (Phi) is 6.83. The van der Waals surface area contributed by atoms with Gasteiger partial charge in [0.2, 0.25) is 5.91 Å². The van der Waals surface area contributed by atoms with Gasteiger partial charge in [0.05, 0.1) is 6.04 Å². The maximum Gasteiger partial charge on any atom is 0.326 e. The van der Waals surface area contributed by atoms with Crippen LogP contribution in [0.2, 0.25) is 10.0 Å². The van der Waals surface area contributed by atoms with Crippen LogP contribution in [-0.2, 0) is 14.3 Å². The lowest BCUT2D eigenvalue weighted by molar-refractivity contribution is -0.171. The Labute approximate surface area is 180 Å². The number of hydrogen-bond acceptors (Lipinski definition) is 3. The number of hydrogen-bond donors (Lipinski definition) is 1. The fourth-order valence-corrected chi connectivity index (χ4v) is 4.22. The molecule has 2 aromatic rings. The first-order valence-corrected chi connectivity index (χ1v) is 10.3. The number of ether oxygens (including phenoxy) is 1. The lowest BCUT2D eigenvalue weighted by Gasteiger charge is -2.44. The number of rotatable bonds is 6. The lowest BCUT2D eigenvalue weighted by atomic mass is 9.89. The number of aryl methyl sites for hydroxylation is 1. The van der Waals surface area contributed by atoms with Gasteiger partial charge in [0.1, 0.15) is 18.8 Å². The van der Waals surface area contributed by atoms with Crippen molar-refractivity contribution < 1.29 is 19.4 Å². The summed E-state index contributed by atoms with van der Waals surface area (Å²) < 4.78 is 5.97. The van der Waals surface area contributed by atoms with Gasteiger partial charge in [-0.25, -0.2) is 4.79 Å². The number of carbonyl (C=O) groups excluding carboxylic acids is 1. The zero-order valence-electron chi connectivity index (χ0n) is 16.3. The maximum atomic E-state index is 12.9. The number of morpholine rings is 1. The van der Waals surface area contributed by atoms with Gasteiger partial charge in [-0.3, -0.25) is 4.79 Å². The molecule has 1 N–H and O–H groups in total. The van der Waals surface area contributed by atoms with Crippen LogP contribution in [0.3, 0.4) is 0 Å². The second kappa shape index (κ2) is 9.16. The summed E-state index contributed by atoms with van der Waals surface area (Å²) in [4.78, 5) is 26.4. The SMILES string of the molecule is CCC[C@@H](C(=O)O)N1C(=O)CO[C@@H](c2ccc(Cl)cc2C)[C@H]1c1ccc(Cl)cc1. The topological polar surface area (TPSA) is 66.8 Å². The summed E-state index contributed by atoms with van der Waals surface area (Å²) in [6, 6.07) is 11.0. The summed E-state index contributed by atoms with van der Waals surface area (Å²) in [6.07, 6.45) is 0.474. The lowest BCUT2D eigenvalue weighted by Crippen LogP contribution is -2.53. The summed E-state index contributed by atoms with van der Waals surface area (Å²) in [5, 5.41) is 11.0. The highest BCUT2D eigenvalue weighted by Gasteiger charge is 2.44. The number of benzene rings is 2. The molecule has 1 saturated heterocycles. The first kappa shape index (κ1) is 21.6. The number of nitrogens with zero attached hydrogens (tertiary/aromatic N) is 1. The van der Waals surface area contributed by atoms with Crippen molar-refractivity contribution in [2.45, 2.75) is 44.9 Å². The minimum Gasteiger partial charge on any atom is -0.480 e. The minimum atomic E-state index is -1.02. The largest absolute Gasteiger partial charge is 0.480 e. The fraction of sp³-hybridized carbons (Fsp3) is 0.364. The molecule has 0 aromatic heterocycles. The molecule has 5 nitrogen and oxygen atoms in total. The van der Waals surface area contributed by atoms with Gasteiger partial charge in [-0.2, -0.15) is 0 Å². The van der Waals surface area contributed by atoms with Crippen molar-refractivity contribution in [3.63, 3.8) is 0 Å². The number of carbonyl (C=O) groups is 2. The Bertz CT molecular complexity index is 900. The van der Waals surface area contributed by atoms with Crippen molar-refractivity contribution in [2.24, 2.45) is 0 Å². The minimum absolute atomic E-state index is 0.176. The Morgan fingerprint density at radius 2 is 1.86 bits per heavy atom. The van der Waals surface area contributed by atoms with E-state index < -0.39 is 24.2 Å². The van der Waals surface area contributed by atoms with Gasteiger partial charge in [-0.05, 0) is 54.3 Å². The van der Waals surface area contributed by atoms with Crippen molar-refractivity contribution in [3.8, 4) is 0 Å². The quantitative estimate of drug-likeness (QED) is 0.676. The smallest absolute Gasteiger partial charge is 0.326 e. The van der Waals surface area contributed by atoms with Crippen molar-refractivity contribution in [3.05, 3.63) is 69.2 Å². The summed E-state index contributed by atoms with van der Waals surface area (Å²) in [6.45, 7) is 3.65. The Morgan fingerprint density at radius 3 is 2.45 bits per heavy atom. The highest BCUT2D eigenvalue weighted by atomic mass is 35.5. The first-order valence-electron chi connectivity index (χ1n) is 9.50. The summed E-state index contributed by atoms with van der Waals surface area (Å²) in [5.41, 5.74) is 2.55. The van der Waals surface area contributed by atoms with Gasteiger partial charge in [0.15, 0.2) is 0 Å². The Hall–Kier alpha value is -2.08. The fourth-order valence-electron chi connectivity index (χ4n) is 3.86. The Morgan fingerprint density at radius 1 is 1.21 bits per heavy atom. The molecule has 154 valence electrons. The third-order valence-electron chi connectivity index (χ3n) is 5.19. The number of halogens is 2. The molecule has 0 radical (unpaired) electrons. The van der Waals surface area contributed by atoms with Crippen LogP contribution in [0.1, 0.15) is 48.6 Å². The van der Waals surface area contributed by atoms with E-state index in [0.717, 1.165) is 16.7 Å². The zero-order chi connectivity index (χ0) is 21.1. The molecule has 0 aliphatic carbocycles. The molecule has 1 aliphatic heterocycles. The van der Waals surface area contributed by atoms with Crippen LogP contribution in [0.15, 0.2) is 42.5 Å². The van der Waals surface area contributed by atoms with E-state index in [1.807, 2.05) is 38.1 Å². The van der Waals surface area contributed by atoms with Gasteiger partial charge in [0, 0.05) is 10.0 Å². The van der Waals surface area contributed by atoms with Crippen LogP contribution < -0.4 is 0 Å². The third kappa shape index (κ3) is 4.58. The van der Waals surface area contributed by atoms with Gasteiger partial charge in [-0.1, -0.05) is 54.7 Å². The molecule has 29 heavy (non-hydrogen) atoms. The van der Waals surface area contributed by atoms with E-state index in [1.54, 1.807) is 18.2 Å². The van der Waals surface area contributed by atoms with Crippen molar-refractivity contribution >= 4 is 35.1 Å². The molecule has 0 unspecified atom stereocenters. The summed E-state index contributed by atoms with van der Waals surface area (Å²) in [7, 11) is 0. The molecule has 1 aliphatic rings. The molecule has 3 rings (SSSR count). The van der Waals surface area contributed by atoms with E-state index >= 15 is 0 Å². The molecule has 1 fully saturated rings. The van der Waals surface area contributed by atoms with E-state index in [4.69, 9.17) is 27.9 Å². The van der Waals surface area contributed by atoms with Gasteiger partial charge in [0.25, 0.3) is 0 Å². The standard InChI is InChI=1S/C22H23Cl2NO4/c1-3-4-18(22(27)28)25-19(26)12-29-21(17-10-9-16(24)11-13(17)2)20(25)14-5-7-15(23)8-6-14/h5-11,18,20-21H,3-4,12H2,1-2H3,(H,27,28)/t18-,20+,21-/m0/s1. The second-order valence-electron chi connectivity index (χ2n) is 7.17. The van der Waals surface area contributed by atoms with Gasteiger partial charge < -0.3 is 14.7 Å². The van der Waals surface area contributed by atoms with E-state index in [9.17, 15) is 14.7 Å². The van der Waals surface area contributed by atoms with E-state index in [2.05, 4.69) is 0 Å². The molecule has 1 heterocycles. The normalized spacial score (nSPS) is 20.6. The van der Waals surface area contributed by atoms with Crippen LogP contribution in [0.4, 0.5) is 0 Å². The second-order valence-corrected chi connectivity index (χ2v) is 8.05. The highest BCUT2D eigenvalue weighted by Crippen LogP contribution is 2.43. The van der Waals surface area contributed by atoms with Crippen molar-refractivity contribution in [1.29, 1.82) is 0 Å². The van der Waals surface area contributed by atoms with E-state index in [1.165, 1.54) is 4.90 Å². The third-order valence-corrected chi connectivity index (χ3v) is 5.68. The van der Waals surface area contributed by atoms with Crippen molar-refractivity contribution in [1.82, 2.24) is 4.90 Å². The molecule has 0 bridgehead atoms. The molecule has 0 spiro atoms. The van der Waals surface area contributed by atoms with E-state index in [-0.39, 0.29) is 12.5 Å². The number of amides is 1. The number of carboxylic acids is 1. The molecular weight excluding hydrogens is 413 g/mol. The molecular formula is C22H23Cl2NO4. The zero-order valence-corrected chi connectivity index (χ0v) is 17.8. The van der Waals surface area contributed by atoms with Crippen LogP contribution in [-0.4, -0.2) is 34.5 Å². The monoisotopic (exact) mass is 435 g/mol. The van der Waals surface area contributed by atoms with Gasteiger partial charge in [-0.15, -0.1) is 0 Å². The first-order chi connectivity index (χ1) is 13.8. The summed E-state index contributed by atoms with van der Waals surface area (Å²) in [5.74, 6) is -1.36. The number of carboxylic acid groups (broad SMARTS) is 1. The Balaban J connectivity index is 2.15. The predicted octanol–water partition coefficient (Wildman–Crippen LogP) is 5.20. The van der Waals surface area contributed by atoms with Gasteiger partial charge >= 0.3 is 5.97 Å². The van der Waals surface area contributed by atoms with Crippen LogP contribution in [0, 0.1) is 6.92 Å². The number of aliphatic carboxylic acids is 1. The average molecular weight is 436 g/mol. The molecule has 2 aromatic carbocycles. The van der Waals surface area contributed by atoms with Crippen LogP contribution in [0.25, 0.3) is 0 Å². The molecule has 0 saturated carbocycles. The van der Waals surface area contributed by atoms with E-state index in [0.29, 0.717) is 22.9 Å². The van der Waals surface area contributed by atoms with Crippen molar-refractivity contribution in [2.75, 3.05) is 6.61 Å². The maximum absolute atomic E-state index is 12.9. The van der Waals surface area contributed by atoms with Crippen LogP contribution >= 0.6 is 23.2 Å². The van der Waals surface area contributed by atoms with Crippen LogP contribution in [0.5, 0.6) is 0 Å². The molecule has 7 heteroatoms. The average Bonchev–Trinajstić information content (AvgIpc) is 2.67. The summed E-state index contributed by atoms with van der Waals surface area (Å²) >= 11 is 12.2. The molecule has 1 amide bonds. The predicted molar refractivity (Wildman–Crippen MR) is 112 cm³/mol. The molecule has 3 atom stereocenters. The highest BCUT2D eigenvalue weighted by molar-refractivity contribution is 6.30.